The molecule has 0 atom stereocenters. The molecule has 5 heteroatoms. The summed E-state index contributed by atoms with van der Waals surface area (Å²) in [4.78, 5) is 12.3. The van der Waals surface area contributed by atoms with Crippen LogP contribution in [0.2, 0.25) is 5.02 Å². The standard InChI is InChI=1S/C16H17ClN2O2/c1-10(2)18-15(20)16(7-8-16)14-9-13(21-19-14)11-3-5-12(17)6-4-11/h3-6,9-10H,7-8H2,1-2H3,(H,18,20). The highest BCUT2D eigenvalue weighted by Gasteiger charge is 2.53. The fraction of sp³-hybridized carbons (Fsp3) is 0.375. The molecule has 110 valence electrons. The number of amides is 1. The van der Waals surface area contributed by atoms with Crippen molar-refractivity contribution in [2.75, 3.05) is 0 Å². The van der Waals surface area contributed by atoms with Crippen LogP contribution in [0.15, 0.2) is 34.9 Å². The van der Waals surface area contributed by atoms with Crippen LogP contribution in [-0.2, 0) is 10.2 Å². The first-order valence-corrected chi connectivity index (χ1v) is 7.43. The molecule has 0 unspecified atom stereocenters. The Bertz CT molecular complexity index is 657. The van der Waals surface area contributed by atoms with Crippen LogP contribution in [0.3, 0.4) is 0 Å². The van der Waals surface area contributed by atoms with Gasteiger partial charge in [-0.3, -0.25) is 4.79 Å². The van der Waals surface area contributed by atoms with E-state index in [-0.39, 0.29) is 11.9 Å². The maximum Gasteiger partial charge on any atom is 0.232 e. The van der Waals surface area contributed by atoms with Gasteiger partial charge >= 0.3 is 0 Å². The molecule has 1 amide bonds. The average Bonchev–Trinajstić information content (AvgIpc) is 3.11. The molecule has 1 saturated carbocycles. The third-order valence-electron chi connectivity index (χ3n) is 3.73. The first-order chi connectivity index (χ1) is 10.0. The molecule has 1 aliphatic carbocycles. The highest BCUT2D eigenvalue weighted by atomic mass is 35.5. The number of hydrogen-bond donors (Lipinski definition) is 1. The average molecular weight is 305 g/mol. The molecule has 1 aromatic carbocycles. The Kier molecular flexibility index (Phi) is 3.49. The van der Waals surface area contributed by atoms with Gasteiger partial charge in [-0.2, -0.15) is 0 Å². The predicted octanol–water partition coefficient (Wildman–Crippen LogP) is 3.55. The molecule has 21 heavy (non-hydrogen) atoms. The second kappa shape index (κ2) is 5.19. The largest absolute Gasteiger partial charge is 0.356 e. The molecular formula is C16H17ClN2O2. The van der Waals surface area contributed by atoms with E-state index in [1.54, 1.807) is 12.1 Å². The molecule has 1 aliphatic rings. The van der Waals surface area contributed by atoms with Crippen LogP contribution in [0.1, 0.15) is 32.4 Å². The molecule has 0 saturated heterocycles. The number of nitrogens with zero attached hydrogens (tertiary/aromatic N) is 1. The summed E-state index contributed by atoms with van der Waals surface area (Å²) in [7, 11) is 0. The second-order valence-corrected chi connectivity index (χ2v) is 6.23. The summed E-state index contributed by atoms with van der Waals surface area (Å²) in [6, 6.07) is 9.34. The van der Waals surface area contributed by atoms with Crippen LogP contribution in [0, 0.1) is 0 Å². The summed E-state index contributed by atoms with van der Waals surface area (Å²) in [5.74, 6) is 0.693. The molecule has 0 aliphatic heterocycles. The number of carbonyl (C=O) groups excluding carboxylic acids is 1. The van der Waals surface area contributed by atoms with E-state index < -0.39 is 5.41 Å². The fourth-order valence-corrected chi connectivity index (χ4v) is 2.50. The SMILES string of the molecule is CC(C)NC(=O)C1(c2cc(-c3ccc(Cl)cc3)on2)CC1. The number of hydrogen-bond acceptors (Lipinski definition) is 3. The summed E-state index contributed by atoms with van der Waals surface area (Å²) >= 11 is 5.88. The molecular weight excluding hydrogens is 288 g/mol. The highest BCUT2D eigenvalue weighted by molar-refractivity contribution is 6.30. The third-order valence-corrected chi connectivity index (χ3v) is 3.99. The van der Waals surface area contributed by atoms with Crippen LogP contribution >= 0.6 is 11.6 Å². The zero-order valence-corrected chi connectivity index (χ0v) is 12.8. The molecule has 1 N–H and O–H groups in total. The first kappa shape index (κ1) is 14.1. The lowest BCUT2D eigenvalue weighted by Gasteiger charge is -2.14. The van der Waals surface area contributed by atoms with E-state index >= 15 is 0 Å². The Morgan fingerprint density at radius 2 is 2.00 bits per heavy atom. The molecule has 2 aromatic rings. The van der Waals surface area contributed by atoms with Crippen molar-refractivity contribution in [1.29, 1.82) is 0 Å². The van der Waals surface area contributed by atoms with Crippen LogP contribution in [0.5, 0.6) is 0 Å². The molecule has 3 rings (SSSR count). The van der Waals surface area contributed by atoms with E-state index in [1.807, 2.05) is 32.0 Å². The van der Waals surface area contributed by atoms with Gasteiger partial charge in [-0.05, 0) is 51.0 Å². The third kappa shape index (κ3) is 2.68. The van der Waals surface area contributed by atoms with Crippen molar-refractivity contribution >= 4 is 17.5 Å². The minimum absolute atomic E-state index is 0.0356. The van der Waals surface area contributed by atoms with Gasteiger partial charge in [0.05, 0.1) is 11.1 Å². The Morgan fingerprint density at radius 3 is 2.57 bits per heavy atom. The lowest BCUT2D eigenvalue weighted by Crippen LogP contribution is -2.39. The lowest BCUT2D eigenvalue weighted by molar-refractivity contribution is -0.124. The summed E-state index contributed by atoms with van der Waals surface area (Å²) in [6.07, 6.45) is 1.64. The van der Waals surface area contributed by atoms with Gasteiger partial charge in [0, 0.05) is 22.7 Å². The Labute approximate surface area is 128 Å². The Hall–Kier alpha value is -1.81. The Balaban J connectivity index is 1.85. The van der Waals surface area contributed by atoms with Crippen molar-refractivity contribution in [3.8, 4) is 11.3 Å². The van der Waals surface area contributed by atoms with Crippen molar-refractivity contribution in [3.05, 3.63) is 41.0 Å². The molecule has 1 aromatic heterocycles. The second-order valence-electron chi connectivity index (χ2n) is 5.79. The lowest BCUT2D eigenvalue weighted by atomic mass is 10.00. The van der Waals surface area contributed by atoms with Crippen LogP contribution < -0.4 is 5.32 Å². The van der Waals surface area contributed by atoms with Gasteiger partial charge in [0.2, 0.25) is 5.91 Å². The summed E-state index contributed by atoms with van der Waals surface area (Å²) in [5, 5.41) is 7.75. The van der Waals surface area contributed by atoms with Gasteiger partial charge in [-0.1, -0.05) is 16.8 Å². The number of aromatic nitrogens is 1. The van der Waals surface area contributed by atoms with Crippen molar-refractivity contribution in [1.82, 2.24) is 10.5 Å². The van der Waals surface area contributed by atoms with Gasteiger partial charge in [-0.15, -0.1) is 0 Å². The maximum atomic E-state index is 12.3. The number of rotatable bonds is 4. The minimum atomic E-state index is -0.502. The number of benzene rings is 1. The summed E-state index contributed by atoms with van der Waals surface area (Å²) < 4.78 is 5.40. The van der Waals surface area contributed by atoms with Crippen LogP contribution in [0.4, 0.5) is 0 Å². The van der Waals surface area contributed by atoms with E-state index in [0.717, 1.165) is 18.4 Å². The molecule has 1 heterocycles. The van der Waals surface area contributed by atoms with Gasteiger partial charge in [0.15, 0.2) is 5.76 Å². The normalized spacial score (nSPS) is 16.0. The maximum absolute atomic E-state index is 12.3. The molecule has 0 spiro atoms. The number of carbonyl (C=O) groups is 1. The Morgan fingerprint density at radius 1 is 1.33 bits per heavy atom. The highest BCUT2D eigenvalue weighted by Crippen LogP contribution is 2.48. The van der Waals surface area contributed by atoms with Crippen molar-refractivity contribution in [3.63, 3.8) is 0 Å². The van der Waals surface area contributed by atoms with Crippen LogP contribution in [0.25, 0.3) is 11.3 Å². The zero-order valence-electron chi connectivity index (χ0n) is 12.0. The minimum Gasteiger partial charge on any atom is -0.356 e. The van der Waals surface area contributed by atoms with Crippen LogP contribution in [-0.4, -0.2) is 17.1 Å². The summed E-state index contributed by atoms with van der Waals surface area (Å²) in [5.41, 5.74) is 1.11. The van der Waals surface area contributed by atoms with E-state index in [1.165, 1.54) is 0 Å². The molecule has 0 bridgehead atoms. The van der Waals surface area contributed by atoms with E-state index in [0.29, 0.717) is 16.5 Å². The van der Waals surface area contributed by atoms with Gasteiger partial charge in [0.1, 0.15) is 0 Å². The smallest absolute Gasteiger partial charge is 0.232 e. The zero-order chi connectivity index (χ0) is 15.0. The fourth-order valence-electron chi connectivity index (χ4n) is 2.38. The molecule has 4 nitrogen and oxygen atoms in total. The topological polar surface area (TPSA) is 55.1 Å². The van der Waals surface area contributed by atoms with E-state index in [9.17, 15) is 4.79 Å². The van der Waals surface area contributed by atoms with Crippen molar-refractivity contribution in [2.24, 2.45) is 0 Å². The monoisotopic (exact) mass is 304 g/mol. The molecule has 0 radical (unpaired) electrons. The first-order valence-electron chi connectivity index (χ1n) is 7.05. The van der Waals surface area contributed by atoms with Gasteiger partial charge in [-0.25, -0.2) is 0 Å². The molecule has 1 fully saturated rings. The quantitative estimate of drug-likeness (QED) is 0.939. The summed E-state index contributed by atoms with van der Waals surface area (Å²) in [6.45, 7) is 3.91. The van der Waals surface area contributed by atoms with Gasteiger partial charge in [0.25, 0.3) is 0 Å². The van der Waals surface area contributed by atoms with E-state index in [2.05, 4.69) is 10.5 Å². The number of nitrogens with one attached hydrogen (secondary N) is 1. The predicted molar refractivity (Wildman–Crippen MR) is 81.1 cm³/mol. The van der Waals surface area contributed by atoms with Crippen molar-refractivity contribution in [2.45, 2.75) is 38.1 Å². The number of halogens is 1. The van der Waals surface area contributed by atoms with Crippen molar-refractivity contribution < 1.29 is 9.32 Å². The van der Waals surface area contributed by atoms with E-state index in [4.69, 9.17) is 16.1 Å². The van der Waals surface area contributed by atoms with Gasteiger partial charge < -0.3 is 9.84 Å².